The molecule has 0 radical (unpaired) electrons. The molecule has 0 aliphatic rings. The highest BCUT2D eigenvalue weighted by atomic mass is 16.6. The highest BCUT2D eigenvalue weighted by molar-refractivity contribution is 6.06. The standard InChI is InChI=1S/C19H19NO5/c1-13-7-9-16(19(23)20(13)2)17(21)10-8-14-5-4-6-15(11-14)25-12-18(22)24-3/h4-11H,12H2,1-3H3/b10-8+. The van der Waals surface area contributed by atoms with Crippen molar-refractivity contribution in [3.8, 4) is 5.75 Å². The molecule has 0 fully saturated rings. The van der Waals surface area contributed by atoms with Gasteiger partial charge >= 0.3 is 5.97 Å². The Morgan fingerprint density at radius 2 is 1.96 bits per heavy atom. The number of methoxy groups -OCH3 is 1. The number of pyridine rings is 1. The van der Waals surface area contributed by atoms with Crippen LogP contribution < -0.4 is 10.3 Å². The summed E-state index contributed by atoms with van der Waals surface area (Å²) in [6.45, 7) is 1.60. The first-order chi connectivity index (χ1) is 11.9. The lowest BCUT2D eigenvalue weighted by Gasteiger charge is -2.05. The number of rotatable bonds is 6. The smallest absolute Gasteiger partial charge is 0.343 e. The zero-order chi connectivity index (χ0) is 18.4. The van der Waals surface area contributed by atoms with Crippen LogP contribution in [0.15, 0.2) is 47.3 Å². The first-order valence-electron chi connectivity index (χ1n) is 7.61. The molecule has 1 aromatic heterocycles. The van der Waals surface area contributed by atoms with Gasteiger partial charge in [-0.2, -0.15) is 0 Å². The maximum atomic E-state index is 12.2. The Kier molecular flexibility index (Phi) is 5.89. The molecule has 130 valence electrons. The number of carbonyl (C=O) groups excluding carboxylic acids is 2. The Bertz CT molecular complexity index is 880. The molecule has 0 bridgehead atoms. The third kappa shape index (κ3) is 4.67. The molecule has 2 rings (SSSR count). The van der Waals surface area contributed by atoms with Crippen LogP contribution in [-0.2, 0) is 16.6 Å². The van der Waals surface area contributed by atoms with Crippen LogP contribution in [0.5, 0.6) is 5.75 Å². The Morgan fingerprint density at radius 3 is 2.68 bits per heavy atom. The number of benzene rings is 1. The number of aromatic nitrogens is 1. The highest BCUT2D eigenvalue weighted by Crippen LogP contribution is 2.15. The topological polar surface area (TPSA) is 74.6 Å². The third-order valence-corrected chi connectivity index (χ3v) is 3.69. The third-order valence-electron chi connectivity index (χ3n) is 3.69. The van der Waals surface area contributed by atoms with Gasteiger partial charge in [-0.15, -0.1) is 0 Å². The number of allylic oxidation sites excluding steroid dienone is 1. The molecule has 0 N–H and O–H groups in total. The molecule has 6 heteroatoms. The summed E-state index contributed by atoms with van der Waals surface area (Å²) in [6.07, 6.45) is 2.93. The molecule has 0 aliphatic heterocycles. The zero-order valence-corrected chi connectivity index (χ0v) is 14.3. The number of carbonyl (C=O) groups is 2. The lowest BCUT2D eigenvalue weighted by molar-refractivity contribution is -0.142. The predicted octanol–water partition coefficient (Wildman–Crippen LogP) is 2.14. The summed E-state index contributed by atoms with van der Waals surface area (Å²) in [5.41, 5.74) is 1.27. The molecule has 2 aromatic rings. The molecule has 0 unspecified atom stereocenters. The van der Waals surface area contributed by atoms with Crippen LogP contribution in [0.3, 0.4) is 0 Å². The first kappa shape index (κ1) is 18.2. The summed E-state index contributed by atoms with van der Waals surface area (Å²) in [6, 6.07) is 10.1. The summed E-state index contributed by atoms with van der Waals surface area (Å²) in [7, 11) is 2.91. The first-order valence-corrected chi connectivity index (χ1v) is 7.61. The van der Waals surface area contributed by atoms with Crippen molar-refractivity contribution in [2.24, 2.45) is 7.05 Å². The van der Waals surface area contributed by atoms with Gasteiger partial charge in [-0.3, -0.25) is 9.59 Å². The van der Waals surface area contributed by atoms with Gasteiger partial charge in [-0.05, 0) is 42.8 Å². The number of nitrogens with zero attached hydrogens (tertiary/aromatic N) is 1. The van der Waals surface area contributed by atoms with Crippen molar-refractivity contribution in [1.29, 1.82) is 0 Å². The van der Waals surface area contributed by atoms with Gasteiger partial charge in [0, 0.05) is 12.7 Å². The van der Waals surface area contributed by atoms with E-state index in [0.29, 0.717) is 11.3 Å². The van der Waals surface area contributed by atoms with Crippen LogP contribution in [0.2, 0.25) is 0 Å². The molecule has 0 amide bonds. The van der Waals surface area contributed by atoms with Crippen LogP contribution in [-0.4, -0.2) is 30.0 Å². The molecule has 1 aromatic carbocycles. The molecule has 0 spiro atoms. The van der Waals surface area contributed by atoms with E-state index in [9.17, 15) is 14.4 Å². The maximum Gasteiger partial charge on any atom is 0.343 e. The number of esters is 1. The highest BCUT2D eigenvalue weighted by Gasteiger charge is 2.09. The molecule has 25 heavy (non-hydrogen) atoms. The van der Waals surface area contributed by atoms with Crippen molar-refractivity contribution < 1.29 is 19.1 Å². The Labute approximate surface area is 145 Å². The van der Waals surface area contributed by atoms with E-state index in [1.54, 1.807) is 50.4 Å². The predicted molar refractivity (Wildman–Crippen MR) is 93.7 cm³/mol. The van der Waals surface area contributed by atoms with E-state index in [1.165, 1.54) is 23.8 Å². The second-order valence-corrected chi connectivity index (χ2v) is 5.39. The van der Waals surface area contributed by atoms with E-state index in [0.717, 1.165) is 5.69 Å². The molecular formula is C19H19NO5. The van der Waals surface area contributed by atoms with Crippen molar-refractivity contribution in [3.63, 3.8) is 0 Å². The number of aryl methyl sites for hydroxylation is 1. The summed E-state index contributed by atoms with van der Waals surface area (Å²) >= 11 is 0. The summed E-state index contributed by atoms with van der Waals surface area (Å²) in [4.78, 5) is 35.5. The molecule has 0 saturated carbocycles. The van der Waals surface area contributed by atoms with Crippen LogP contribution in [0.4, 0.5) is 0 Å². The molecular weight excluding hydrogens is 322 g/mol. The minimum atomic E-state index is -0.480. The van der Waals surface area contributed by atoms with E-state index in [4.69, 9.17) is 4.74 Å². The van der Waals surface area contributed by atoms with Gasteiger partial charge in [0.1, 0.15) is 5.75 Å². The van der Waals surface area contributed by atoms with E-state index in [2.05, 4.69) is 4.74 Å². The summed E-state index contributed by atoms with van der Waals surface area (Å²) in [5, 5.41) is 0. The quantitative estimate of drug-likeness (QED) is 0.457. The van der Waals surface area contributed by atoms with Gasteiger partial charge in [0.05, 0.1) is 12.7 Å². The SMILES string of the molecule is COC(=O)COc1cccc(/C=C/C(=O)c2ccc(C)n(C)c2=O)c1. The van der Waals surface area contributed by atoms with Gasteiger partial charge < -0.3 is 14.0 Å². The van der Waals surface area contributed by atoms with Crippen molar-refractivity contribution in [3.05, 3.63) is 69.6 Å². The number of ether oxygens (including phenoxy) is 2. The molecule has 0 saturated heterocycles. The number of hydrogen-bond acceptors (Lipinski definition) is 5. The maximum absolute atomic E-state index is 12.2. The van der Waals surface area contributed by atoms with Crippen LogP contribution in [0.25, 0.3) is 6.08 Å². The summed E-state index contributed by atoms with van der Waals surface area (Å²) < 4.78 is 11.2. The van der Waals surface area contributed by atoms with Gasteiger partial charge in [-0.25, -0.2) is 4.79 Å². The van der Waals surface area contributed by atoms with Crippen LogP contribution in [0.1, 0.15) is 21.6 Å². The fraction of sp³-hybridized carbons (Fsp3) is 0.211. The Balaban J connectivity index is 2.14. The van der Waals surface area contributed by atoms with E-state index in [-0.39, 0.29) is 23.5 Å². The lowest BCUT2D eigenvalue weighted by Crippen LogP contribution is -2.24. The largest absolute Gasteiger partial charge is 0.482 e. The van der Waals surface area contributed by atoms with Crippen molar-refractivity contribution in [2.45, 2.75) is 6.92 Å². The average Bonchev–Trinajstić information content (AvgIpc) is 2.62. The molecule has 6 nitrogen and oxygen atoms in total. The van der Waals surface area contributed by atoms with E-state index in [1.807, 2.05) is 0 Å². The normalized spacial score (nSPS) is 10.7. The van der Waals surface area contributed by atoms with Crippen molar-refractivity contribution >= 4 is 17.8 Å². The number of ketones is 1. The Morgan fingerprint density at radius 1 is 1.20 bits per heavy atom. The van der Waals surface area contributed by atoms with Gasteiger partial charge in [0.2, 0.25) is 0 Å². The number of hydrogen-bond donors (Lipinski definition) is 0. The average molecular weight is 341 g/mol. The van der Waals surface area contributed by atoms with E-state index < -0.39 is 5.97 Å². The minimum absolute atomic E-state index is 0.113. The molecule has 1 heterocycles. The van der Waals surface area contributed by atoms with Gasteiger partial charge in [0.15, 0.2) is 12.4 Å². The van der Waals surface area contributed by atoms with Crippen molar-refractivity contribution in [1.82, 2.24) is 4.57 Å². The minimum Gasteiger partial charge on any atom is -0.482 e. The molecule has 0 aliphatic carbocycles. The van der Waals surface area contributed by atoms with Gasteiger partial charge in [0.25, 0.3) is 5.56 Å². The second-order valence-electron chi connectivity index (χ2n) is 5.39. The fourth-order valence-corrected chi connectivity index (χ4v) is 2.09. The van der Waals surface area contributed by atoms with E-state index >= 15 is 0 Å². The zero-order valence-electron chi connectivity index (χ0n) is 14.3. The summed E-state index contributed by atoms with van der Waals surface area (Å²) in [5.74, 6) is -0.376. The van der Waals surface area contributed by atoms with Crippen molar-refractivity contribution in [2.75, 3.05) is 13.7 Å². The van der Waals surface area contributed by atoms with Crippen LogP contribution in [0, 0.1) is 6.92 Å². The molecule has 0 atom stereocenters. The Hall–Kier alpha value is -3.15. The second kappa shape index (κ2) is 8.10. The monoisotopic (exact) mass is 341 g/mol. The van der Waals surface area contributed by atoms with Crippen LogP contribution >= 0.6 is 0 Å². The lowest BCUT2D eigenvalue weighted by atomic mass is 10.1. The fourth-order valence-electron chi connectivity index (χ4n) is 2.09. The van der Waals surface area contributed by atoms with Gasteiger partial charge in [-0.1, -0.05) is 18.2 Å².